The Morgan fingerprint density at radius 2 is 2.36 bits per heavy atom. The van der Waals surface area contributed by atoms with Crippen LogP contribution in [0.25, 0.3) is 0 Å². The van der Waals surface area contributed by atoms with Gasteiger partial charge >= 0.3 is 6.03 Å². The summed E-state index contributed by atoms with van der Waals surface area (Å²) in [4.78, 5) is 15.2. The number of anilines is 1. The van der Waals surface area contributed by atoms with E-state index in [0.29, 0.717) is 12.4 Å². The molecule has 0 saturated carbocycles. The second-order valence-corrected chi connectivity index (χ2v) is 3.10. The number of carbonyl (C=O) groups excluding carboxylic acids is 1. The highest BCUT2D eigenvalue weighted by Gasteiger charge is 2.00. The predicted molar refractivity (Wildman–Crippen MR) is 56.3 cm³/mol. The number of pyridine rings is 1. The van der Waals surface area contributed by atoms with E-state index >= 15 is 0 Å². The third kappa shape index (κ3) is 3.43. The van der Waals surface area contributed by atoms with Crippen LogP contribution in [0.15, 0.2) is 18.3 Å². The summed E-state index contributed by atoms with van der Waals surface area (Å²) in [6.45, 7) is 4.64. The largest absolute Gasteiger partial charge is 0.338 e. The van der Waals surface area contributed by atoms with E-state index in [1.165, 1.54) is 0 Å². The van der Waals surface area contributed by atoms with E-state index in [1.807, 2.05) is 26.0 Å². The summed E-state index contributed by atoms with van der Waals surface area (Å²) in [5, 5.41) is 5.37. The normalized spacial score (nSPS) is 9.57. The van der Waals surface area contributed by atoms with Gasteiger partial charge in [0.05, 0.1) is 0 Å². The van der Waals surface area contributed by atoms with Gasteiger partial charge in [0.15, 0.2) is 0 Å². The van der Waals surface area contributed by atoms with Crippen LogP contribution < -0.4 is 10.6 Å². The molecule has 0 radical (unpaired) electrons. The van der Waals surface area contributed by atoms with E-state index in [-0.39, 0.29) is 6.03 Å². The predicted octanol–water partition coefficient (Wildman–Crippen LogP) is 1.92. The van der Waals surface area contributed by atoms with Gasteiger partial charge in [-0.05, 0) is 31.0 Å². The molecule has 1 aromatic heterocycles. The van der Waals surface area contributed by atoms with Crippen molar-refractivity contribution < 1.29 is 4.79 Å². The molecule has 0 aliphatic heterocycles. The Morgan fingerprint density at radius 3 is 3.00 bits per heavy atom. The van der Waals surface area contributed by atoms with E-state index in [4.69, 9.17) is 0 Å². The first-order chi connectivity index (χ1) is 6.72. The van der Waals surface area contributed by atoms with Crippen molar-refractivity contribution in [1.82, 2.24) is 10.3 Å². The van der Waals surface area contributed by atoms with Crippen LogP contribution in [0.5, 0.6) is 0 Å². The molecule has 1 rings (SSSR count). The lowest BCUT2D eigenvalue weighted by atomic mass is 10.3. The van der Waals surface area contributed by atoms with Gasteiger partial charge in [-0.2, -0.15) is 0 Å². The lowest BCUT2D eigenvalue weighted by molar-refractivity contribution is 0.252. The first-order valence-corrected chi connectivity index (χ1v) is 4.70. The fraction of sp³-hybridized carbons (Fsp3) is 0.400. The Bertz CT molecular complexity index is 312. The third-order valence-electron chi connectivity index (χ3n) is 1.69. The number of amides is 2. The zero-order valence-corrected chi connectivity index (χ0v) is 8.50. The number of nitrogens with one attached hydrogen (secondary N) is 2. The van der Waals surface area contributed by atoms with Gasteiger partial charge in [0, 0.05) is 12.7 Å². The molecule has 4 nitrogen and oxygen atoms in total. The van der Waals surface area contributed by atoms with Crippen LogP contribution >= 0.6 is 0 Å². The smallest absolute Gasteiger partial charge is 0.320 e. The average molecular weight is 193 g/mol. The number of aromatic nitrogens is 1. The summed E-state index contributed by atoms with van der Waals surface area (Å²) < 4.78 is 0. The van der Waals surface area contributed by atoms with Gasteiger partial charge in [0.2, 0.25) is 0 Å². The molecule has 4 heteroatoms. The summed E-state index contributed by atoms with van der Waals surface area (Å²) in [5.74, 6) is 0.582. The topological polar surface area (TPSA) is 54.0 Å². The van der Waals surface area contributed by atoms with E-state index in [2.05, 4.69) is 15.6 Å². The number of carbonyl (C=O) groups is 1. The van der Waals surface area contributed by atoms with Gasteiger partial charge in [-0.15, -0.1) is 0 Å². The second-order valence-electron chi connectivity index (χ2n) is 3.10. The van der Waals surface area contributed by atoms with E-state index in [1.54, 1.807) is 6.20 Å². The summed E-state index contributed by atoms with van der Waals surface area (Å²) in [6.07, 6.45) is 2.60. The highest BCUT2D eigenvalue weighted by molar-refractivity contribution is 5.88. The van der Waals surface area contributed by atoms with Crippen molar-refractivity contribution in [3.8, 4) is 0 Å². The first-order valence-electron chi connectivity index (χ1n) is 4.70. The van der Waals surface area contributed by atoms with Gasteiger partial charge in [-0.3, -0.25) is 5.32 Å². The van der Waals surface area contributed by atoms with Gasteiger partial charge in [-0.1, -0.05) is 6.92 Å². The average Bonchev–Trinajstić information content (AvgIpc) is 2.15. The Labute approximate surface area is 83.7 Å². The van der Waals surface area contributed by atoms with Crippen LogP contribution in [0.4, 0.5) is 10.6 Å². The van der Waals surface area contributed by atoms with Crippen molar-refractivity contribution in [3.63, 3.8) is 0 Å². The minimum absolute atomic E-state index is 0.204. The molecule has 0 fully saturated rings. The van der Waals surface area contributed by atoms with Gasteiger partial charge in [0.25, 0.3) is 0 Å². The van der Waals surface area contributed by atoms with Crippen molar-refractivity contribution in [2.45, 2.75) is 20.3 Å². The quantitative estimate of drug-likeness (QED) is 0.770. The molecule has 0 aliphatic rings. The molecular weight excluding hydrogens is 178 g/mol. The van der Waals surface area contributed by atoms with Crippen LogP contribution in [-0.2, 0) is 0 Å². The fourth-order valence-electron chi connectivity index (χ4n) is 1.00. The zero-order chi connectivity index (χ0) is 10.4. The maximum absolute atomic E-state index is 11.2. The zero-order valence-electron chi connectivity index (χ0n) is 8.50. The monoisotopic (exact) mass is 193 g/mol. The van der Waals surface area contributed by atoms with Crippen molar-refractivity contribution in [3.05, 3.63) is 23.9 Å². The number of rotatable bonds is 3. The molecule has 76 valence electrons. The lowest BCUT2D eigenvalue weighted by Crippen LogP contribution is -2.29. The molecular formula is C10H15N3O. The number of hydrogen-bond donors (Lipinski definition) is 2. The maximum Gasteiger partial charge on any atom is 0.320 e. The van der Waals surface area contributed by atoms with E-state index in [9.17, 15) is 4.79 Å². The number of aryl methyl sites for hydroxylation is 1. The molecule has 1 aromatic rings. The van der Waals surface area contributed by atoms with E-state index < -0.39 is 0 Å². The highest BCUT2D eigenvalue weighted by Crippen LogP contribution is 2.04. The first kappa shape index (κ1) is 10.5. The number of urea groups is 1. The SMILES string of the molecule is CCCNC(=O)Nc1cc(C)ccn1. The molecule has 2 amide bonds. The van der Waals surface area contributed by atoms with Gasteiger partial charge in [-0.25, -0.2) is 9.78 Å². The molecule has 0 aromatic carbocycles. The molecule has 0 bridgehead atoms. The minimum atomic E-state index is -0.204. The Kier molecular flexibility index (Phi) is 3.91. The van der Waals surface area contributed by atoms with Gasteiger partial charge < -0.3 is 5.32 Å². The lowest BCUT2D eigenvalue weighted by Gasteiger charge is -2.05. The summed E-state index contributed by atoms with van der Waals surface area (Å²) in [7, 11) is 0. The van der Waals surface area contributed by atoms with Crippen molar-refractivity contribution in [1.29, 1.82) is 0 Å². The second kappa shape index (κ2) is 5.21. The van der Waals surface area contributed by atoms with Crippen molar-refractivity contribution in [2.24, 2.45) is 0 Å². The molecule has 0 spiro atoms. The molecule has 0 aliphatic carbocycles. The molecule has 0 unspecified atom stereocenters. The van der Waals surface area contributed by atoms with Crippen LogP contribution in [0, 0.1) is 6.92 Å². The highest BCUT2D eigenvalue weighted by atomic mass is 16.2. The van der Waals surface area contributed by atoms with Crippen LogP contribution in [0.3, 0.4) is 0 Å². The molecule has 0 atom stereocenters. The van der Waals surface area contributed by atoms with Crippen LogP contribution in [0.1, 0.15) is 18.9 Å². The number of nitrogens with zero attached hydrogens (tertiary/aromatic N) is 1. The molecule has 14 heavy (non-hydrogen) atoms. The Balaban J connectivity index is 2.47. The van der Waals surface area contributed by atoms with Crippen molar-refractivity contribution in [2.75, 3.05) is 11.9 Å². The minimum Gasteiger partial charge on any atom is -0.338 e. The summed E-state index contributed by atoms with van der Waals surface area (Å²) in [6, 6.07) is 3.51. The van der Waals surface area contributed by atoms with Crippen LogP contribution in [0.2, 0.25) is 0 Å². The standard InChI is InChI=1S/C10H15N3O/c1-3-5-12-10(14)13-9-7-8(2)4-6-11-9/h4,6-7H,3,5H2,1-2H3,(H2,11,12,13,14). The Morgan fingerprint density at radius 1 is 1.57 bits per heavy atom. The third-order valence-corrected chi connectivity index (χ3v) is 1.69. The fourth-order valence-corrected chi connectivity index (χ4v) is 1.00. The number of hydrogen-bond acceptors (Lipinski definition) is 2. The van der Waals surface area contributed by atoms with E-state index in [0.717, 1.165) is 12.0 Å². The summed E-state index contributed by atoms with van der Waals surface area (Å²) >= 11 is 0. The summed E-state index contributed by atoms with van der Waals surface area (Å²) in [5.41, 5.74) is 1.07. The molecule has 1 heterocycles. The van der Waals surface area contributed by atoms with Gasteiger partial charge in [0.1, 0.15) is 5.82 Å². The molecule has 0 saturated heterocycles. The molecule has 2 N–H and O–H groups in total. The maximum atomic E-state index is 11.2. The Hall–Kier alpha value is -1.58. The van der Waals surface area contributed by atoms with Crippen LogP contribution in [-0.4, -0.2) is 17.6 Å². The van der Waals surface area contributed by atoms with Crippen molar-refractivity contribution >= 4 is 11.8 Å².